The van der Waals surface area contributed by atoms with Gasteiger partial charge in [-0.3, -0.25) is 0 Å². The number of rotatable bonds is 7. The molecule has 0 saturated carbocycles. The second kappa shape index (κ2) is 12.7. The standard InChI is InChI=1S/C42H29N5/c43-20-6-11-29(18-21-44)30-7-4-8-31(23-30)34-14-16-39-40-17-15-35(27-42(40)47(41(39)26-34)38-12-2-1-3-13-38)32-9-5-10-33(24-32)36-19-22-46-37(25-36)28-45/h1-5,7-19,21-27H,6,44H2/b21-18-,29-11+. The van der Waals surface area contributed by atoms with Crippen molar-refractivity contribution in [3.8, 4) is 51.2 Å². The Kier molecular flexibility index (Phi) is 7.87. The van der Waals surface area contributed by atoms with Crippen LogP contribution in [0.25, 0.3) is 66.4 Å². The van der Waals surface area contributed by atoms with Gasteiger partial charge in [0.25, 0.3) is 0 Å². The lowest BCUT2D eigenvalue weighted by molar-refractivity contribution is 1.18. The summed E-state index contributed by atoms with van der Waals surface area (Å²) in [6.45, 7) is 0. The number of nitrogens with zero attached hydrogens (tertiary/aromatic N) is 4. The molecular formula is C42H29N5. The summed E-state index contributed by atoms with van der Waals surface area (Å²) in [5.74, 6) is 0. The Morgan fingerprint density at radius 1 is 0.660 bits per heavy atom. The van der Waals surface area contributed by atoms with Crippen molar-refractivity contribution in [2.24, 2.45) is 5.73 Å². The number of allylic oxidation sites excluding steroid dienone is 3. The van der Waals surface area contributed by atoms with Crippen molar-refractivity contribution in [1.82, 2.24) is 9.55 Å². The Hall–Kier alpha value is -6.69. The molecule has 5 aromatic carbocycles. The minimum atomic E-state index is 0.311. The second-order valence-corrected chi connectivity index (χ2v) is 11.2. The molecule has 2 aromatic heterocycles. The van der Waals surface area contributed by atoms with E-state index in [0.29, 0.717) is 12.1 Å². The first kappa shape index (κ1) is 29.0. The summed E-state index contributed by atoms with van der Waals surface area (Å²) >= 11 is 0. The van der Waals surface area contributed by atoms with Crippen LogP contribution in [0.2, 0.25) is 0 Å². The van der Waals surface area contributed by atoms with Gasteiger partial charge >= 0.3 is 0 Å². The van der Waals surface area contributed by atoms with Crippen LogP contribution in [-0.4, -0.2) is 9.55 Å². The largest absolute Gasteiger partial charge is 0.405 e. The zero-order valence-corrected chi connectivity index (χ0v) is 25.5. The van der Waals surface area contributed by atoms with Crippen LogP contribution in [0.5, 0.6) is 0 Å². The van der Waals surface area contributed by atoms with Gasteiger partial charge in [0, 0.05) is 22.7 Å². The van der Waals surface area contributed by atoms with Crippen LogP contribution >= 0.6 is 0 Å². The number of hydrogen-bond donors (Lipinski definition) is 1. The number of nitriles is 2. The quantitative estimate of drug-likeness (QED) is 0.184. The molecule has 0 radical (unpaired) electrons. The minimum absolute atomic E-state index is 0.311. The predicted molar refractivity (Wildman–Crippen MR) is 191 cm³/mol. The van der Waals surface area contributed by atoms with Gasteiger partial charge < -0.3 is 10.3 Å². The molecule has 0 atom stereocenters. The van der Waals surface area contributed by atoms with E-state index < -0.39 is 0 Å². The third-order valence-electron chi connectivity index (χ3n) is 8.40. The third kappa shape index (κ3) is 5.66. The number of fused-ring (bicyclic) bond motifs is 3. The van der Waals surface area contributed by atoms with Gasteiger partial charge in [0.1, 0.15) is 11.8 Å². The van der Waals surface area contributed by atoms with Crippen molar-refractivity contribution in [3.63, 3.8) is 0 Å². The van der Waals surface area contributed by atoms with Gasteiger partial charge in [0.2, 0.25) is 0 Å². The summed E-state index contributed by atoms with van der Waals surface area (Å²) < 4.78 is 2.34. The fourth-order valence-electron chi connectivity index (χ4n) is 6.20. The highest BCUT2D eigenvalue weighted by atomic mass is 15.0. The molecule has 2 N–H and O–H groups in total. The molecule has 5 nitrogen and oxygen atoms in total. The Balaban J connectivity index is 1.38. The van der Waals surface area contributed by atoms with E-state index in [0.717, 1.165) is 61.2 Å². The highest BCUT2D eigenvalue weighted by Gasteiger charge is 2.15. The van der Waals surface area contributed by atoms with Crippen LogP contribution in [-0.2, 0) is 0 Å². The fraction of sp³-hybridized carbons (Fsp3) is 0.0238. The van der Waals surface area contributed by atoms with E-state index in [9.17, 15) is 5.26 Å². The molecule has 0 aliphatic carbocycles. The maximum Gasteiger partial charge on any atom is 0.141 e. The van der Waals surface area contributed by atoms with Gasteiger partial charge in [-0.25, -0.2) is 4.98 Å². The van der Waals surface area contributed by atoms with Gasteiger partial charge in [0.15, 0.2) is 0 Å². The summed E-state index contributed by atoms with van der Waals surface area (Å²) in [5, 5.41) is 20.8. The average molecular weight is 604 g/mol. The van der Waals surface area contributed by atoms with Crippen molar-refractivity contribution in [2.75, 3.05) is 0 Å². The molecule has 0 amide bonds. The first-order chi connectivity index (χ1) is 23.2. The number of aromatic nitrogens is 2. The highest BCUT2D eigenvalue weighted by molar-refractivity contribution is 6.11. The first-order valence-electron chi connectivity index (χ1n) is 15.3. The smallest absolute Gasteiger partial charge is 0.141 e. The molecule has 0 unspecified atom stereocenters. The molecular weight excluding hydrogens is 574 g/mol. The molecule has 7 rings (SSSR count). The first-order valence-corrected chi connectivity index (χ1v) is 15.3. The molecule has 47 heavy (non-hydrogen) atoms. The maximum atomic E-state index is 9.35. The molecule has 0 bridgehead atoms. The second-order valence-electron chi connectivity index (χ2n) is 11.2. The van der Waals surface area contributed by atoms with E-state index in [4.69, 9.17) is 11.0 Å². The maximum absolute atomic E-state index is 9.35. The average Bonchev–Trinajstić information content (AvgIpc) is 3.46. The monoisotopic (exact) mass is 603 g/mol. The lowest BCUT2D eigenvalue weighted by Gasteiger charge is -2.11. The third-order valence-corrected chi connectivity index (χ3v) is 8.40. The summed E-state index contributed by atoms with van der Waals surface area (Å²) in [6, 6.07) is 48.6. The van der Waals surface area contributed by atoms with Gasteiger partial charge in [-0.2, -0.15) is 10.5 Å². The van der Waals surface area contributed by atoms with Gasteiger partial charge in [0.05, 0.1) is 23.5 Å². The van der Waals surface area contributed by atoms with Crippen molar-refractivity contribution < 1.29 is 0 Å². The van der Waals surface area contributed by atoms with E-state index in [1.54, 1.807) is 6.20 Å². The number of pyridine rings is 1. The van der Waals surface area contributed by atoms with Crippen molar-refractivity contribution in [1.29, 1.82) is 10.5 Å². The SMILES string of the molecule is N#CC/C=C(\C=C/N)c1cccc(-c2ccc3c4ccc(-c5cccc(-c6ccnc(C#N)c6)c5)cc4n(-c4ccccc4)c3c2)c1. The number of nitrogens with two attached hydrogens (primary N) is 1. The van der Waals surface area contributed by atoms with Crippen molar-refractivity contribution >= 4 is 27.4 Å². The summed E-state index contributed by atoms with van der Waals surface area (Å²) in [5.41, 5.74) is 17.7. The Labute approximate surface area is 273 Å². The topological polar surface area (TPSA) is 91.4 Å². The van der Waals surface area contributed by atoms with Crippen LogP contribution in [0.4, 0.5) is 0 Å². The van der Waals surface area contributed by atoms with Crippen LogP contribution in [0.3, 0.4) is 0 Å². The van der Waals surface area contributed by atoms with E-state index in [1.807, 2.05) is 42.5 Å². The Morgan fingerprint density at radius 3 is 1.91 bits per heavy atom. The molecule has 222 valence electrons. The molecule has 0 fully saturated rings. The summed E-state index contributed by atoms with van der Waals surface area (Å²) in [7, 11) is 0. The van der Waals surface area contributed by atoms with Crippen LogP contribution in [0.15, 0.2) is 152 Å². The fourth-order valence-corrected chi connectivity index (χ4v) is 6.20. The number of para-hydroxylation sites is 1. The summed E-state index contributed by atoms with van der Waals surface area (Å²) in [6.07, 6.45) is 7.23. The zero-order valence-electron chi connectivity index (χ0n) is 25.5. The number of benzene rings is 5. The van der Waals surface area contributed by atoms with Crippen LogP contribution < -0.4 is 5.73 Å². The van der Waals surface area contributed by atoms with E-state index >= 15 is 0 Å². The van der Waals surface area contributed by atoms with E-state index in [2.05, 4.69) is 119 Å². The lowest BCUT2D eigenvalue weighted by atomic mass is 9.97. The molecule has 0 aliphatic rings. The zero-order chi connectivity index (χ0) is 32.2. The Bertz CT molecular complexity index is 2420. The molecule has 5 heteroatoms. The van der Waals surface area contributed by atoms with Gasteiger partial charge in [-0.1, -0.05) is 84.9 Å². The Morgan fingerprint density at radius 2 is 1.28 bits per heavy atom. The van der Waals surface area contributed by atoms with E-state index in [1.165, 1.54) is 17.0 Å². The molecule has 0 aliphatic heterocycles. The van der Waals surface area contributed by atoms with Gasteiger partial charge in [-0.05, 0) is 105 Å². The molecule has 2 heterocycles. The lowest BCUT2D eigenvalue weighted by Crippen LogP contribution is -1.94. The molecule has 0 saturated heterocycles. The number of hydrogen-bond acceptors (Lipinski definition) is 4. The summed E-state index contributed by atoms with van der Waals surface area (Å²) in [4.78, 5) is 4.13. The molecule has 7 aromatic rings. The van der Waals surface area contributed by atoms with E-state index in [-0.39, 0.29) is 0 Å². The van der Waals surface area contributed by atoms with Crippen molar-refractivity contribution in [2.45, 2.75) is 6.42 Å². The van der Waals surface area contributed by atoms with Crippen LogP contribution in [0.1, 0.15) is 17.7 Å². The predicted octanol–water partition coefficient (Wildman–Crippen LogP) is 9.82. The van der Waals surface area contributed by atoms with Crippen molar-refractivity contribution in [3.05, 3.63) is 163 Å². The van der Waals surface area contributed by atoms with Crippen LogP contribution in [0, 0.1) is 22.7 Å². The minimum Gasteiger partial charge on any atom is -0.405 e. The molecule has 0 spiro atoms. The highest BCUT2D eigenvalue weighted by Crippen LogP contribution is 2.38. The van der Waals surface area contributed by atoms with Gasteiger partial charge in [-0.15, -0.1) is 0 Å². The normalized spacial score (nSPS) is 11.6.